The molecular weight excluding hydrogens is 244 g/mol. The molecule has 0 saturated carbocycles. The second-order valence-corrected chi connectivity index (χ2v) is 3.97. The summed E-state index contributed by atoms with van der Waals surface area (Å²) in [6.07, 6.45) is 5.80. The molecule has 5 heteroatoms. The van der Waals surface area contributed by atoms with Crippen molar-refractivity contribution in [1.29, 1.82) is 0 Å². The zero-order valence-electron chi connectivity index (χ0n) is 10.8. The number of hydrogen-bond acceptors (Lipinski definition) is 4. The van der Waals surface area contributed by atoms with Crippen LogP contribution in [-0.2, 0) is 0 Å². The highest BCUT2D eigenvalue weighted by Gasteiger charge is 2.05. The Hall–Kier alpha value is -2.30. The highest BCUT2D eigenvalue weighted by Crippen LogP contribution is 2.25. The van der Waals surface area contributed by atoms with Crippen molar-refractivity contribution in [3.8, 4) is 11.5 Å². The number of rotatable bonds is 6. The van der Waals surface area contributed by atoms with Crippen molar-refractivity contribution in [2.45, 2.75) is 12.8 Å². The van der Waals surface area contributed by atoms with E-state index in [9.17, 15) is 4.79 Å². The summed E-state index contributed by atoms with van der Waals surface area (Å²) < 4.78 is 12.2. The largest absolute Gasteiger partial charge is 0.493 e. The number of hydrogen-bond donors (Lipinski definition) is 0. The van der Waals surface area contributed by atoms with Crippen molar-refractivity contribution in [3.05, 3.63) is 43.0 Å². The Morgan fingerprint density at radius 3 is 2.79 bits per heavy atom. The summed E-state index contributed by atoms with van der Waals surface area (Å²) in [7, 11) is 1.60. The van der Waals surface area contributed by atoms with Gasteiger partial charge in [-0.15, -0.1) is 0 Å². The molecule has 5 nitrogen and oxygen atoms in total. The second-order valence-electron chi connectivity index (χ2n) is 3.97. The molecule has 1 aromatic carbocycles. The van der Waals surface area contributed by atoms with Gasteiger partial charge in [-0.3, -0.25) is 9.36 Å². The minimum Gasteiger partial charge on any atom is -0.493 e. The monoisotopic (exact) mass is 260 g/mol. The molecule has 2 aromatic rings. The predicted molar refractivity (Wildman–Crippen MR) is 70.6 cm³/mol. The van der Waals surface area contributed by atoms with Crippen molar-refractivity contribution in [1.82, 2.24) is 9.55 Å². The fourth-order valence-electron chi connectivity index (χ4n) is 1.68. The van der Waals surface area contributed by atoms with E-state index in [1.165, 1.54) is 10.9 Å². The molecule has 0 aliphatic heterocycles. The summed E-state index contributed by atoms with van der Waals surface area (Å²) in [4.78, 5) is 15.5. The summed E-state index contributed by atoms with van der Waals surface area (Å²) >= 11 is 0. The third-order valence-corrected chi connectivity index (χ3v) is 2.65. The van der Waals surface area contributed by atoms with E-state index in [0.717, 1.165) is 0 Å². The third-order valence-electron chi connectivity index (χ3n) is 2.65. The molecule has 0 atom stereocenters. The Morgan fingerprint density at radius 2 is 2.11 bits per heavy atom. The lowest BCUT2D eigenvalue weighted by Crippen LogP contribution is -2.10. The van der Waals surface area contributed by atoms with Crippen LogP contribution in [0.25, 0.3) is 0 Å². The van der Waals surface area contributed by atoms with E-state index in [1.54, 1.807) is 19.5 Å². The number of imidazole rings is 1. The number of para-hydroxylation sites is 2. The Bertz CT molecular complexity index is 523. The lowest BCUT2D eigenvalue weighted by Gasteiger charge is -2.09. The maximum absolute atomic E-state index is 11.7. The maximum Gasteiger partial charge on any atom is 0.231 e. The summed E-state index contributed by atoms with van der Waals surface area (Å²) in [6, 6.07) is 7.45. The summed E-state index contributed by atoms with van der Waals surface area (Å²) in [6.45, 7) is 0.473. The average molecular weight is 260 g/mol. The molecule has 1 heterocycles. The Labute approximate surface area is 111 Å². The molecular formula is C14H16N2O3. The van der Waals surface area contributed by atoms with E-state index in [-0.39, 0.29) is 5.91 Å². The molecule has 0 aliphatic carbocycles. The SMILES string of the molecule is COc1ccccc1OCCCC(=O)n1ccnc1. The predicted octanol–water partition coefficient (Wildman–Crippen LogP) is 2.39. The third kappa shape index (κ3) is 3.58. The van der Waals surface area contributed by atoms with E-state index in [4.69, 9.17) is 9.47 Å². The van der Waals surface area contributed by atoms with Gasteiger partial charge in [0, 0.05) is 18.8 Å². The van der Waals surface area contributed by atoms with Gasteiger partial charge in [0.25, 0.3) is 0 Å². The number of carbonyl (C=O) groups excluding carboxylic acids is 1. The molecule has 0 unspecified atom stereocenters. The molecule has 19 heavy (non-hydrogen) atoms. The van der Waals surface area contributed by atoms with Crippen molar-refractivity contribution in [3.63, 3.8) is 0 Å². The first-order chi connectivity index (χ1) is 9.31. The first-order valence-corrected chi connectivity index (χ1v) is 6.08. The van der Waals surface area contributed by atoms with Crippen LogP contribution in [0.2, 0.25) is 0 Å². The second kappa shape index (κ2) is 6.58. The van der Waals surface area contributed by atoms with Gasteiger partial charge in [0.1, 0.15) is 6.33 Å². The quantitative estimate of drug-likeness (QED) is 0.748. The number of methoxy groups -OCH3 is 1. The van der Waals surface area contributed by atoms with E-state index in [1.807, 2.05) is 24.3 Å². The molecule has 0 radical (unpaired) electrons. The number of benzene rings is 1. The Kier molecular flexibility index (Phi) is 4.55. The number of aromatic nitrogens is 2. The van der Waals surface area contributed by atoms with Crippen LogP contribution in [0.3, 0.4) is 0 Å². The summed E-state index contributed by atoms with van der Waals surface area (Å²) in [5, 5.41) is 0. The van der Waals surface area contributed by atoms with Crippen molar-refractivity contribution in [2.75, 3.05) is 13.7 Å². The Morgan fingerprint density at radius 1 is 1.32 bits per heavy atom. The van der Waals surface area contributed by atoms with Gasteiger partial charge in [0.2, 0.25) is 5.91 Å². The summed E-state index contributed by atoms with van der Waals surface area (Å²) in [5.41, 5.74) is 0. The zero-order valence-corrected chi connectivity index (χ0v) is 10.8. The van der Waals surface area contributed by atoms with Crippen molar-refractivity contribution >= 4 is 5.91 Å². The van der Waals surface area contributed by atoms with E-state index < -0.39 is 0 Å². The smallest absolute Gasteiger partial charge is 0.231 e. The van der Waals surface area contributed by atoms with Gasteiger partial charge in [-0.05, 0) is 18.6 Å². The fourth-order valence-corrected chi connectivity index (χ4v) is 1.68. The molecule has 0 spiro atoms. The number of ether oxygens (including phenoxy) is 2. The van der Waals surface area contributed by atoms with Crippen LogP contribution in [0, 0.1) is 0 Å². The van der Waals surface area contributed by atoms with Crippen LogP contribution >= 0.6 is 0 Å². The van der Waals surface area contributed by atoms with E-state index in [0.29, 0.717) is 30.9 Å². The first kappa shape index (κ1) is 13.1. The molecule has 100 valence electrons. The van der Waals surface area contributed by atoms with Crippen LogP contribution < -0.4 is 9.47 Å². The van der Waals surface area contributed by atoms with E-state index in [2.05, 4.69) is 4.98 Å². The van der Waals surface area contributed by atoms with Gasteiger partial charge in [-0.1, -0.05) is 12.1 Å². The van der Waals surface area contributed by atoms with Crippen LogP contribution in [0.1, 0.15) is 17.6 Å². The lowest BCUT2D eigenvalue weighted by molar-refractivity contribution is 0.0892. The molecule has 0 N–H and O–H groups in total. The minimum absolute atomic E-state index is 0.0149. The van der Waals surface area contributed by atoms with Gasteiger partial charge < -0.3 is 9.47 Å². The standard InChI is InChI=1S/C14H16N2O3/c1-18-12-5-2-3-6-13(12)19-10-4-7-14(17)16-9-8-15-11-16/h2-3,5-6,8-9,11H,4,7,10H2,1H3. The minimum atomic E-state index is 0.0149. The number of nitrogens with zero attached hydrogens (tertiary/aromatic N) is 2. The highest BCUT2D eigenvalue weighted by atomic mass is 16.5. The highest BCUT2D eigenvalue weighted by molar-refractivity contribution is 5.78. The molecule has 0 aliphatic rings. The van der Waals surface area contributed by atoms with Crippen LogP contribution in [0.15, 0.2) is 43.0 Å². The average Bonchev–Trinajstić information content (AvgIpc) is 2.98. The van der Waals surface area contributed by atoms with Gasteiger partial charge >= 0.3 is 0 Å². The summed E-state index contributed by atoms with van der Waals surface area (Å²) in [5.74, 6) is 1.41. The fraction of sp³-hybridized carbons (Fsp3) is 0.286. The van der Waals surface area contributed by atoms with Gasteiger partial charge in [-0.2, -0.15) is 0 Å². The van der Waals surface area contributed by atoms with Gasteiger partial charge in [-0.25, -0.2) is 4.98 Å². The topological polar surface area (TPSA) is 53.4 Å². The lowest BCUT2D eigenvalue weighted by atomic mass is 10.3. The Balaban J connectivity index is 1.76. The van der Waals surface area contributed by atoms with Crippen LogP contribution in [0.4, 0.5) is 0 Å². The van der Waals surface area contributed by atoms with Crippen LogP contribution in [-0.4, -0.2) is 29.2 Å². The molecule has 0 amide bonds. The molecule has 0 bridgehead atoms. The van der Waals surface area contributed by atoms with Gasteiger partial charge in [0.15, 0.2) is 11.5 Å². The molecule has 2 rings (SSSR count). The van der Waals surface area contributed by atoms with Gasteiger partial charge in [0.05, 0.1) is 13.7 Å². The van der Waals surface area contributed by atoms with E-state index >= 15 is 0 Å². The number of carbonyl (C=O) groups is 1. The van der Waals surface area contributed by atoms with Crippen LogP contribution in [0.5, 0.6) is 11.5 Å². The molecule has 0 fully saturated rings. The molecule has 0 saturated heterocycles. The normalized spacial score (nSPS) is 10.2. The van der Waals surface area contributed by atoms with Crippen molar-refractivity contribution in [2.24, 2.45) is 0 Å². The van der Waals surface area contributed by atoms with Crippen molar-refractivity contribution < 1.29 is 14.3 Å². The first-order valence-electron chi connectivity index (χ1n) is 6.08. The molecule has 1 aromatic heterocycles. The zero-order chi connectivity index (χ0) is 13.5. The maximum atomic E-state index is 11.7.